The summed E-state index contributed by atoms with van der Waals surface area (Å²) in [7, 11) is 0. The first kappa shape index (κ1) is 13.8. The van der Waals surface area contributed by atoms with Crippen LogP contribution in [0.4, 0.5) is 4.39 Å². The van der Waals surface area contributed by atoms with Gasteiger partial charge in [-0.25, -0.2) is 4.39 Å². The molecule has 0 fully saturated rings. The Bertz CT molecular complexity index is 597. The number of hydrogen-bond donors (Lipinski definition) is 1. The summed E-state index contributed by atoms with van der Waals surface area (Å²) in [5, 5.41) is 9.87. The van der Waals surface area contributed by atoms with Gasteiger partial charge >= 0.3 is 0 Å². The van der Waals surface area contributed by atoms with Crippen molar-refractivity contribution in [1.29, 1.82) is 0 Å². The van der Waals surface area contributed by atoms with E-state index in [1.807, 2.05) is 0 Å². The molecule has 1 atom stereocenters. The van der Waals surface area contributed by atoms with E-state index in [9.17, 15) is 9.50 Å². The molecule has 0 aliphatic rings. The highest BCUT2D eigenvalue weighted by atomic mass is 35.5. The molecule has 4 heteroatoms. The molecule has 0 amide bonds. The summed E-state index contributed by atoms with van der Waals surface area (Å²) < 4.78 is 18.6. The fourth-order valence-electron chi connectivity index (χ4n) is 1.71. The Labute approximate surface area is 116 Å². The molecular formula is C15H14ClFO2. The number of hydrogen-bond acceptors (Lipinski definition) is 2. The van der Waals surface area contributed by atoms with Crippen LogP contribution in [0.5, 0.6) is 11.5 Å². The summed E-state index contributed by atoms with van der Waals surface area (Å²) >= 11 is 6.10. The summed E-state index contributed by atoms with van der Waals surface area (Å²) in [6, 6.07) is 9.37. The smallest absolute Gasteiger partial charge is 0.146 e. The molecule has 0 aliphatic heterocycles. The molecule has 0 spiro atoms. The van der Waals surface area contributed by atoms with Crippen molar-refractivity contribution in [3.8, 4) is 11.5 Å². The third-order valence-electron chi connectivity index (χ3n) is 2.80. The van der Waals surface area contributed by atoms with Crippen molar-refractivity contribution in [3.05, 3.63) is 58.4 Å². The van der Waals surface area contributed by atoms with E-state index in [4.69, 9.17) is 16.3 Å². The topological polar surface area (TPSA) is 29.5 Å². The molecule has 0 heterocycles. The zero-order valence-corrected chi connectivity index (χ0v) is 11.4. The van der Waals surface area contributed by atoms with E-state index in [1.165, 1.54) is 12.1 Å². The van der Waals surface area contributed by atoms with Crippen LogP contribution in [0.1, 0.15) is 24.2 Å². The molecule has 100 valence electrons. The molecule has 2 rings (SSSR count). The molecule has 0 aliphatic carbocycles. The summed E-state index contributed by atoms with van der Waals surface area (Å²) in [6.07, 6.45) is -0.584. The minimum atomic E-state index is -0.584. The van der Waals surface area contributed by atoms with Gasteiger partial charge in [-0.1, -0.05) is 17.7 Å². The largest absolute Gasteiger partial charge is 0.456 e. The molecule has 0 saturated heterocycles. The zero-order valence-electron chi connectivity index (χ0n) is 10.7. The van der Waals surface area contributed by atoms with Crippen molar-refractivity contribution < 1.29 is 14.2 Å². The lowest BCUT2D eigenvalue weighted by atomic mass is 10.1. The summed E-state index contributed by atoms with van der Waals surface area (Å²) in [4.78, 5) is 0. The lowest BCUT2D eigenvalue weighted by Crippen LogP contribution is -1.93. The molecule has 0 aromatic heterocycles. The molecule has 2 aromatic carbocycles. The van der Waals surface area contributed by atoms with Crippen LogP contribution in [0.25, 0.3) is 0 Å². The van der Waals surface area contributed by atoms with Gasteiger partial charge in [-0.15, -0.1) is 0 Å². The molecule has 0 bridgehead atoms. The lowest BCUT2D eigenvalue weighted by Gasteiger charge is -2.12. The van der Waals surface area contributed by atoms with E-state index < -0.39 is 6.10 Å². The second-order valence-electron chi connectivity index (χ2n) is 4.38. The average molecular weight is 281 g/mol. The number of aliphatic hydroxyl groups is 1. The SMILES string of the molecule is Cc1cc(F)ccc1Oc1ccc(C(C)O)cc1Cl. The fraction of sp³-hybridized carbons (Fsp3) is 0.200. The van der Waals surface area contributed by atoms with Gasteiger partial charge < -0.3 is 9.84 Å². The van der Waals surface area contributed by atoms with Crippen molar-refractivity contribution >= 4 is 11.6 Å². The summed E-state index contributed by atoms with van der Waals surface area (Å²) in [6.45, 7) is 3.42. The highest BCUT2D eigenvalue weighted by Gasteiger charge is 2.09. The van der Waals surface area contributed by atoms with E-state index in [0.717, 1.165) is 0 Å². The molecule has 19 heavy (non-hydrogen) atoms. The fourth-order valence-corrected chi connectivity index (χ4v) is 1.93. The molecule has 1 N–H and O–H groups in total. The van der Waals surface area contributed by atoms with Gasteiger partial charge in [-0.05, 0) is 55.3 Å². The average Bonchev–Trinajstić information content (AvgIpc) is 2.34. The van der Waals surface area contributed by atoms with E-state index in [-0.39, 0.29) is 5.82 Å². The highest BCUT2D eigenvalue weighted by molar-refractivity contribution is 6.32. The van der Waals surface area contributed by atoms with Gasteiger partial charge in [0.25, 0.3) is 0 Å². The van der Waals surface area contributed by atoms with Crippen molar-refractivity contribution in [1.82, 2.24) is 0 Å². The summed E-state index contributed by atoms with van der Waals surface area (Å²) in [5.74, 6) is 0.717. The number of rotatable bonds is 3. The van der Waals surface area contributed by atoms with Crippen LogP contribution in [0.2, 0.25) is 5.02 Å². The quantitative estimate of drug-likeness (QED) is 0.888. The first-order valence-electron chi connectivity index (χ1n) is 5.89. The van der Waals surface area contributed by atoms with Crippen LogP contribution >= 0.6 is 11.6 Å². The monoisotopic (exact) mass is 280 g/mol. The first-order chi connectivity index (χ1) is 8.97. The van der Waals surface area contributed by atoms with Gasteiger partial charge in [-0.3, -0.25) is 0 Å². The zero-order chi connectivity index (χ0) is 14.0. The van der Waals surface area contributed by atoms with Crippen molar-refractivity contribution in [2.24, 2.45) is 0 Å². The number of ether oxygens (including phenoxy) is 1. The Hall–Kier alpha value is -1.58. The van der Waals surface area contributed by atoms with Crippen molar-refractivity contribution in [2.45, 2.75) is 20.0 Å². The highest BCUT2D eigenvalue weighted by Crippen LogP contribution is 2.33. The molecule has 0 radical (unpaired) electrons. The number of halogens is 2. The molecule has 0 saturated carbocycles. The Balaban J connectivity index is 2.28. The maximum absolute atomic E-state index is 13.0. The predicted molar refractivity (Wildman–Crippen MR) is 73.3 cm³/mol. The molecule has 1 unspecified atom stereocenters. The van der Waals surface area contributed by atoms with Crippen LogP contribution in [0, 0.1) is 12.7 Å². The standard InChI is InChI=1S/C15H14ClFO2/c1-9-7-12(17)4-6-14(9)19-15-5-3-11(10(2)18)8-13(15)16/h3-8,10,18H,1-2H3. The van der Waals surface area contributed by atoms with E-state index >= 15 is 0 Å². The van der Waals surface area contributed by atoms with E-state index in [1.54, 1.807) is 38.1 Å². The van der Waals surface area contributed by atoms with Gasteiger partial charge in [0, 0.05) is 0 Å². The van der Waals surface area contributed by atoms with Crippen LogP contribution < -0.4 is 4.74 Å². The maximum atomic E-state index is 13.0. The van der Waals surface area contributed by atoms with Crippen LogP contribution in [0.15, 0.2) is 36.4 Å². The lowest BCUT2D eigenvalue weighted by molar-refractivity contribution is 0.199. The molecule has 2 aromatic rings. The molecule has 2 nitrogen and oxygen atoms in total. The minimum Gasteiger partial charge on any atom is -0.456 e. The van der Waals surface area contributed by atoms with E-state index in [2.05, 4.69) is 0 Å². The van der Waals surface area contributed by atoms with Crippen molar-refractivity contribution in [2.75, 3.05) is 0 Å². The Morgan fingerprint density at radius 3 is 2.42 bits per heavy atom. The Morgan fingerprint density at radius 1 is 1.16 bits per heavy atom. The van der Waals surface area contributed by atoms with Gasteiger partial charge in [0.15, 0.2) is 0 Å². The number of benzene rings is 2. The summed E-state index contributed by atoms with van der Waals surface area (Å²) in [5.41, 5.74) is 1.41. The minimum absolute atomic E-state index is 0.305. The maximum Gasteiger partial charge on any atom is 0.146 e. The second-order valence-corrected chi connectivity index (χ2v) is 4.78. The van der Waals surface area contributed by atoms with Crippen LogP contribution in [-0.4, -0.2) is 5.11 Å². The number of aliphatic hydroxyl groups excluding tert-OH is 1. The predicted octanol–water partition coefficient (Wildman–Crippen LogP) is 4.63. The second kappa shape index (κ2) is 5.59. The van der Waals surface area contributed by atoms with Crippen LogP contribution in [-0.2, 0) is 0 Å². The third-order valence-corrected chi connectivity index (χ3v) is 3.09. The van der Waals surface area contributed by atoms with Gasteiger partial charge in [0.05, 0.1) is 11.1 Å². The Morgan fingerprint density at radius 2 is 1.84 bits per heavy atom. The number of aryl methyl sites for hydroxylation is 1. The van der Waals surface area contributed by atoms with Gasteiger partial charge in [0.1, 0.15) is 17.3 Å². The van der Waals surface area contributed by atoms with Crippen molar-refractivity contribution in [3.63, 3.8) is 0 Å². The normalized spacial score (nSPS) is 12.3. The molecular weight excluding hydrogens is 267 g/mol. The van der Waals surface area contributed by atoms with E-state index in [0.29, 0.717) is 27.6 Å². The van der Waals surface area contributed by atoms with Crippen LogP contribution in [0.3, 0.4) is 0 Å². The Kier molecular flexibility index (Phi) is 4.08. The van der Waals surface area contributed by atoms with Gasteiger partial charge in [-0.2, -0.15) is 0 Å². The van der Waals surface area contributed by atoms with Gasteiger partial charge in [0.2, 0.25) is 0 Å². The first-order valence-corrected chi connectivity index (χ1v) is 6.26. The third kappa shape index (κ3) is 3.25.